The first-order valence-electron chi connectivity index (χ1n) is 5.29. The van der Waals surface area contributed by atoms with Gasteiger partial charge in [-0.3, -0.25) is 5.01 Å². The van der Waals surface area contributed by atoms with Crippen LogP contribution in [0.3, 0.4) is 0 Å². The van der Waals surface area contributed by atoms with Crippen LogP contribution in [0.15, 0.2) is 11.9 Å². The van der Waals surface area contributed by atoms with Crippen molar-refractivity contribution in [2.45, 2.75) is 41.5 Å². The van der Waals surface area contributed by atoms with Gasteiger partial charge in [-0.15, -0.1) is 5.53 Å². The van der Waals surface area contributed by atoms with Crippen molar-refractivity contribution in [1.82, 2.24) is 16.0 Å². The van der Waals surface area contributed by atoms with Gasteiger partial charge in [-0.25, -0.2) is 0 Å². The van der Waals surface area contributed by atoms with Gasteiger partial charge in [0, 0.05) is 18.2 Å². The molecule has 0 unspecified atom stereocenters. The fourth-order valence-electron chi connectivity index (χ4n) is 1.24. The van der Waals surface area contributed by atoms with Crippen LogP contribution in [-0.4, -0.2) is 11.6 Å². The number of hydrazine groups is 2. The van der Waals surface area contributed by atoms with E-state index in [1.54, 1.807) is 0 Å². The summed E-state index contributed by atoms with van der Waals surface area (Å²) in [5.74, 6) is 0. The summed E-state index contributed by atoms with van der Waals surface area (Å²) in [5, 5.41) is 2.06. The van der Waals surface area contributed by atoms with E-state index in [-0.39, 0.29) is 10.8 Å². The topological polar surface area (TPSA) is 27.3 Å². The van der Waals surface area contributed by atoms with Gasteiger partial charge in [0.25, 0.3) is 0 Å². The molecule has 3 heteroatoms. The summed E-state index contributed by atoms with van der Waals surface area (Å²) in [4.78, 5) is 0. The molecule has 0 bridgehead atoms. The third-order valence-corrected chi connectivity index (χ3v) is 3.51. The fourth-order valence-corrected chi connectivity index (χ4v) is 1.24. The van der Waals surface area contributed by atoms with Crippen molar-refractivity contribution in [2.24, 2.45) is 10.8 Å². The maximum Gasteiger partial charge on any atom is 0.0514 e. The molecule has 0 aromatic carbocycles. The van der Waals surface area contributed by atoms with Gasteiger partial charge in [0.1, 0.15) is 0 Å². The van der Waals surface area contributed by atoms with E-state index >= 15 is 0 Å². The molecule has 14 heavy (non-hydrogen) atoms. The Morgan fingerprint density at radius 1 is 1.21 bits per heavy atom. The maximum absolute atomic E-state index is 3.24. The highest BCUT2D eigenvalue weighted by Gasteiger charge is 2.38. The molecule has 0 amide bonds. The van der Waals surface area contributed by atoms with Crippen LogP contribution in [0.5, 0.6) is 0 Å². The summed E-state index contributed by atoms with van der Waals surface area (Å²) in [5.41, 5.74) is 8.01. The van der Waals surface area contributed by atoms with Crippen molar-refractivity contribution < 1.29 is 0 Å². The zero-order valence-corrected chi connectivity index (χ0v) is 10.2. The average Bonchev–Trinajstić information content (AvgIpc) is 2.49. The van der Waals surface area contributed by atoms with E-state index in [1.807, 2.05) is 0 Å². The van der Waals surface area contributed by atoms with Gasteiger partial charge in [-0.1, -0.05) is 34.6 Å². The highest BCUT2D eigenvalue weighted by molar-refractivity contribution is 5.15. The molecule has 0 saturated heterocycles. The van der Waals surface area contributed by atoms with Crippen LogP contribution in [0.2, 0.25) is 0 Å². The number of hydrogen-bond acceptors (Lipinski definition) is 3. The number of nitrogens with zero attached hydrogens (tertiary/aromatic N) is 1. The largest absolute Gasteiger partial charge is 0.306 e. The summed E-state index contributed by atoms with van der Waals surface area (Å²) >= 11 is 0. The Kier molecular flexibility index (Phi) is 2.81. The molecular weight excluding hydrogens is 174 g/mol. The van der Waals surface area contributed by atoms with Crippen molar-refractivity contribution in [3.63, 3.8) is 0 Å². The highest BCUT2D eigenvalue weighted by atomic mass is 15.7. The molecule has 2 N–H and O–H groups in total. The smallest absolute Gasteiger partial charge is 0.0514 e. The van der Waals surface area contributed by atoms with Gasteiger partial charge in [-0.2, -0.15) is 0 Å². The summed E-state index contributed by atoms with van der Waals surface area (Å²) < 4.78 is 0. The lowest BCUT2D eigenvalue weighted by Crippen LogP contribution is -2.41. The Bertz CT molecular complexity index is 235. The summed E-state index contributed by atoms with van der Waals surface area (Å²) in [6, 6.07) is 0. The lowest BCUT2D eigenvalue weighted by molar-refractivity contribution is 0.165. The standard InChI is InChI=1S/C11H23N3/c1-7-14-8-9(12-13-14)11(5,6)10(2,3)4/h8,12-13H,7H2,1-6H3. The first-order chi connectivity index (χ1) is 6.29. The number of hydrogen-bond donors (Lipinski definition) is 2. The lowest BCUT2D eigenvalue weighted by Gasteiger charge is -2.39. The Hall–Kier alpha value is -0.700. The van der Waals surface area contributed by atoms with Gasteiger partial charge in [-0.05, 0) is 12.3 Å². The van der Waals surface area contributed by atoms with Gasteiger partial charge in [0.05, 0.1) is 5.70 Å². The fraction of sp³-hybridized carbons (Fsp3) is 0.818. The van der Waals surface area contributed by atoms with E-state index in [4.69, 9.17) is 0 Å². The SMILES string of the molecule is CCN1C=C(C(C)(C)C(C)(C)C)NN1. The van der Waals surface area contributed by atoms with Crippen LogP contribution >= 0.6 is 0 Å². The Labute approximate surface area is 87.5 Å². The van der Waals surface area contributed by atoms with E-state index in [0.29, 0.717) is 0 Å². The molecule has 82 valence electrons. The monoisotopic (exact) mass is 197 g/mol. The van der Waals surface area contributed by atoms with Gasteiger partial charge in [0.15, 0.2) is 0 Å². The van der Waals surface area contributed by atoms with Crippen molar-refractivity contribution in [2.75, 3.05) is 6.54 Å². The zero-order chi connectivity index (χ0) is 11.0. The normalized spacial score (nSPS) is 18.1. The average molecular weight is 197 g/mol. The Morgan fingerprint density at radius 3 is 2.14 bits per heavy atom. The maximum atomic E-state index is 3.24. The van der Waals surface area contributed by atoms with Gasteiger partial charge < -0.3 is 5.43 Å². The first kappa shape index (κ1) is 11.4. The molecule has 3 nitrogen and oxygen atoms in total. The molecule has 0 aromatic heterocycles. The van der Waals surface area contributed by atoms with Crippen LogP contribution in [0.25, 0.3) is 0 Å². The van der Waals surface area contributed by atoms with Crippen LogP contribution < -0.4 is 11.0 Å². The number of rotatable bonds is 2. The molecule has 0 fully saturated rings. The van der Waals surface area contributed by atoms with Crippen molar-refractivity contribution >= 4 is 0 Å². The second-order valence-electron chi connectivity index (χ2n) is 5.44. The minimum absolute atomic E-state index is 0.143. The third-order valence-electron chi connectivity index (χ3n) is 3.51. The van der Waals surface area contributed by atoms with E-state index < -0.39 is 0 Å². The second-order valence-corrected chi connectivity index (χ2v) is 5.44. The van der Waals surface area contributed by atoms with Crippen molar-refractivity contribution in [3.8, 4) is 0 Å². The Morgan fingerprint density at radius 2 is 1.79 bits per heavy atom. The van der Waals surface area contributed by atoms with Crippen LogP contribution in [0.1, 0.15) is 41.5 Å². The zero-order valence-electron chi connectivity index (χ0n) is 10.2. The van der Waals surface area contributed by atoms with Crippen LogP contribution in [0, 0.1) is 10.8 Å². The summed E-state index contributed by atoms with van der Waals surface area (Å²) in [6.45, 7) is 14.4. The van der Waals surface area contributed by atoms with Gasteiger partial charge in [0.2, 0.25) is 0 Å². The molecule has 0 atom stereocenters. The van der Waals surface area contributed by atoms with Crippen LogP contribution in [-0.2, 0) is 0 Å². The third kappa shape index (κ3) is 1.87. The summed E-state index contributed by atoms with van der Waals surface area (Å²) in [6.07, 6.45) is 2.16. The summed E-state index contributed by atoms with van der Waals surface area (Å²) in [7, 11) is 0. The molecule has 1 aliphatic heterocycles. The molecule has 0 saturated carbocycles. The molecule has 0 aliphatic carbocycles. The number of nitrogens with one attached hydrogen (secondary N) is 2. The van der Waals surface area contributed by atoms with E-state index in [2.05, 4.69) is 63.7 Å². The lowest BCUT2D eigenvalue weighted by atomic mass is 9.67. The molecular formula is C11H23N3. The minimum atomic E-state index is 0.143. The molecule has 1 rings (SSSR count). The van der Waals surface area contributed by atoms with Gasteiger partial charge >= 0.3 is 0 Å². The van der Waals surface area contributed by atoms with Crippen molar-refractivity contribution in [1.29, 1.82) is 0 Å². The first-order valence-corrected chi connectivity index (χ1v) is 5.29. The molecule has 1 aliphatic rings. The number of allylic oxidation sites excluding steroid dienone is 1. The minimum Gasteiger partial charge on any atom is -0.306 e. The second kappa shape index (κ2) is 3.46. The molecule has 0 spiro atoms. The molecule has 1 heterocycles. The van der Waals surface area contributed by atoms with Crippen molar-refractivity contribution in [3.05, 3.63) is 11.9 Å². The van der Waals surface area contributed by atoms with E-state index in [9.17, 15) is 0 Å². The Balaban J connectivity index is 2.84. The predicted molar refractivity (Wildman–Crippen MR) is 60.0 cm³/mol. The molecule has 0 radical (unpaired) electrons. The highest BCUT2D eigenvalue weighted by Crippen LogP contribution is 2.43. The molecule has 0 aromatic rings. The quantitative estimate of drug-likeness (QED) is 0.711. The van der Waals surface area contributed by atoms with E-state index in [0.717, 1.165) is 6.54 Å². The van der Waals surface area contributed by atoms with Crippen LogP contribution in [0.4, 0.5) is 0 Å². The van der Waals surface area contributed by atoms with E-state index in [1.165, 1.54) is 5.70 Å². The predicted octanol–water partition coefficient (Wildman–Crippen LogP) is 2.24.